The van der Waals surface area contributed by atoms with E-state index < -0.39 is 72.3 Å². The van der Waals surface area contributed by atoms with E-state index in [1.165, 1.54) is 6.92 Å². The average molecular weight is 753 g/mol. The molecule has 0 radical (unpaired) electrons. The number of rotatable bonds is 21. The number of benzene rings is 2. The number of carbonyl (C=O) groups excluding carboxylic acids is 6. The lowest BCUT2D eigenvalue weighted by Gasteiger charge is -2.27. The Kier molecular flexibility index (Phi) is 18.8. The van der Waals surface area contributed by atoms with E-state index in [-0.39, 0.29) is 37.2 Å². The zero-order valence-electron chi connectivity index (χ0n) is 32.7. The number of unbranched alkanes of at least 4 members (excludes halogenated alkanes) is 1. The minimum absolute atomic E-state index is 0.0475. The van der Waals surface area contributed by atoms with Crippen LogP contribution in [0.25, 0.3) is 0 Å². The second-order valence-electron chi connectivity index (χ2n) is 14.8. The van der Waals surface area contributed by atoms with Crippen molar-refractivity contribution < 1.29 is 38.6 Å². The first-order valence-corrected chi connectivity index (χ1v) is 18.6. The van der Waals surface area contributed by atoms with Crippen LogP contribution in [-0.2, 0) is 40.5 Å². The molecule has 2 rings (SSSR count). The van der Waals surface area contributed by atoms with Gasteiger partial charge in [-0.25, -0.2) is 4.79 Å². The van der Waals surface area contributed by atoms with Crippen molar-refractivity contribution >= 4 is 35.5 Å². The lowest BCUT2D eigenvalue weighted by molar-refractivity contribution is -0.148. The molecule has 0 aromatic heterocycles. The number of nitrogens with two attached hydrogens (primary N) is 1. The summed E-state index contributed by atoms with van der Waals surface area (Å²) in [7, 11) is 0. The van der Waals surface area contributed by atoms with Crippen LogP contribution in [0.4, 0.5) is 0 Å². The summed E-state index contributed by atoms with van der Waals surface area (Å²) < 4.78 is 4.91. The Labute approximate surface area is 319 Å². The molecule has 14 nitrogen and oxygen atoms in total. The summed E-state index contributed by atoms with van der Waals surface area (Å²) in [6.07, 6.45) is 1.59. The molecule has 54 heavy (non-hydrogen) atoms. The quantitative estimate of drug-likeness (QED) is 0.0732. The normalized spacial score (nSPS) is 14.1. The van der Waals surface area contributed by atoms with E-state index >= 15 is 0 Å². The van der Waals surface area contributed by atoms with Gasteiger partial charge in [0.1, 0.15) is 24.2 Å². The van der Waals surface area contributed by atoms with Crippen molar-refractivity contribution in [3.8, 4) is 0 Å². The number of ether oxygens (including phenoxy) is 1. The SMILES string of the molecule is CCOC(=O)[C@H](CO)NC(=O)[C@H](CCCCN)NC(=O)[C@H](CC(C)C)NC(=O)[C@H](C)NC(=O)[C@H](Cc1ccccc1)NC(=O)c1ccc(C(C)(C)C)cc1. The molecule has 2 aromatic rings. The van der Waals surface area contributed by atoms with Gasteiger partial charge in [-0.1, -0.05) is 77.1 Å². The number of carbonyl (C=O) groups is 6. The van der Waals surface area contributed by atoms with Gasteiger partial charge in [-0.05, 0) is 80.7 Å². The van der Waals surface area contributed by atoms with Crippen LogP contribution >= 0.6 is 0 Å². The van der Waals surface area contributed by atoms with Crippen LogP contribution in [0.15, 0.2) is 54.6 Å². The van der Waals surface area contributed by atoms with Crippen LogP contribution in [0.5, 0.6) is 0 Å². The van der Waals surface area contributed by atoms with E-state index in [0.717, 1.165) is 11.1 Å². The second kappa shape index (κ2) is 22.4. The molecule has 0 fully saturated rings. The van der Waals surface area contributed by atoms with Gasteiger partial charge in [0.05, 0.1) is 13.2 Å². The van der Waals surface area contributed by atoms with Crippen LogP contribution in [-0.4, -0.2) is 90.6 Å². The molecule has 5 atom stereocenters. The highest BCUT2D eigenvalue weighted by Gasteiger charge is 2.32. The number of aliphatic hydroxyl groups excluding tert-OH is 1. The highest BCUT2D eigenvalue weighted by Crippen LogP contribution is 2.22. The third-order valence-corrected chi connectivity index (χ3v) is 8.66. The van der Waals surface area contributed by atoms with Crippen LogP contribution < -0.4 is 32.3 Å². The largest absolute Gasteiger partial charge is 0.464 e. The maximum absolute atomic E-state index is 13.7. The zero-order chi connectivity index (χ0) is 40.4. The van der Waals surface area contributed by atoms with E-state index in [1.807, 2.05) is 56.3 Å². The molecule has 0 aliphatic heterocycles. The van der Waals surface area contributed by atoms with Crippen molar-refractivity contribution in [2.75, 3.05) is 19.8 Å². The smallest absolute Gasteiger partial charge is 0.331 e. The summed E-state index contributed by atoms with van der Waals surface area (Å²) in [6.45, 7) is 12.7. The Morgan fingerprint density at radius 1 is 0.722 bits per heavy atom. The second-order valence-corrected chi connectivity index (χ2v) is 14.8. The van der Waals surface area contributed by atoms with Gasteiger partial charge in [0, 0.05) is 12.0 Å². The molecule has 298 valence electrons. The topological polar surface area (TPSA) is 218 Å². The molecule has 2 aromatic carbocycles. The first kappa shape index (κ1) is 45.3. The minimum atomic E-state index is -1.33. The first-order chi connectivity index (χ1) is 25.5. The molecule has 8 N–H and O–H groups in total. The van der Waals surface area contributed by atoms with Gasteiger partial charge in [-0.15, -0.1) is 0 Å². The first-order valence-electron chi connectivity index (χ1n) is 18.6. The van der Waals surface area contributed by atoms with Gasteiger partial charge in [-0.2, -0.15) is 0 Å². The van der Waals surface area contributed by atoms with E-state index in [0.29, 0.717) is 24.9 Å². The van der Waals surface area contributed by atoms with Crippen molar-refractivity contribution in [2.24, 2.45) is 11.7 Å². The van der Waals surface area contributed by atoms with Crippen LogP contribution in [0, 0.1) is 5.92 Å². The number of hydrogen-bond donors (Lipinski definition) is 7. The fourth-order valence-corrected chi connectivity index (χ4v) is 5.53. The van der Waals surface area contributed by atoms with Crippen molar-refractivity contribution in [1.29, 1.82) is 0 Å². The standard InChI is InChI=1S/C40H60N6O8/c1-8-54-39(53)33(24-47)46-36(50)30(16-12-13-21-41)43-38(52)31(22-25(2)3)44-34(48)26(4)42-37(51)32(23-27-14-10-9-11-15-27)45-35(49)28-17-19-29(20-18-28)40(5,6)7/h9-11,14-15,17-20,25-26,30-33,47H,8,12-13,16,21-24,41H2,1-7H3,(H,42,51)(H,43,52)(H,44,48)(H,45,49)(H,46,50)/t26-,30-,31-,32-,33-/m0/s1. The molecule has 0 saturated heterocycles. The number of amides is 5. The van der Waals surface area contributed by atoms with Gasteiger partial charge in [-0.3, -0.25) is 24.0 Å². The number of hydrogen-bond acceptors (Lipinski definition) is 9. The summed E-state index contributed by atoms with van der Waals surface area (Å²) in [4.78, 5) is 79.6. The van der Waals surface area contributed by atoms with Crippen LogP contribution in [0.2, 0.25) is 0 Å². The van der Waals surface area contributed by atoms with E-state index in [4.69, 9.17) is 10.5 Å². The summed E-state index contributed by atoms with van der Waals surface area (Å²) in [5.74, 6) is -3.93. The Balaban J connectivity index is 2.21. The summed E-state index contributed by atoms with van der Waals surface area (Å²) in [6, 6.07) is 10.7. The lowest BCUT2D eigenvalue weighted by atomic mass is 9.86. The fraction of sp³-hybridized carbons (Fsp3) is 0.550. The van der Waals surface area contributed by atoms with Gasteiger partial charge in [0.2, 0.25) is 23.6 Å². The molecule has 0 spiro atoms. The number of esters is 1. The molecule has 0 saturated carbocycles. The molecule has 0 heterocycles. The monoisotopic (exact) mass is 752 g/mol. The van der Waals surface area contributed by atoms with Crippen molar-refractivity contribution in [1.82, 2.24) is 26.6 Å². The van der Waals surface area contributed by atoms with Crippen molar-refractivity contribution in [3.05, 3.63) is 71.3 Å². The predicted molar refractivity (Wildman–Crippen MR) is 206 cm³/mol. The molecule has 0 aliphatic carbocycles. The fourth-order valence-electron chi connectivity index (χ4n) is 5.53. The maximum Gasteiger partial charge on any atom is 0.331 e. The van der Waals surface area contributed by atoms with E-state index in [9.17, 15) is 33.9 Å². The highest BCUT2D eigenvalue weighted by molar-refractivity contribution is 5.99. The van der Waals surface area contributed by atoms with Crippen LogP contribution in [0.3, 0.4) is 0 Å². The Hall–Kier alpha value is -4.82. The summed E-state index contributed by atoms with van der Waals surface area (Å²) in [5.41, 5.74) is 7.76. The van der Waals surface area contributed by atoms with Crippen molar-refractivity contribution in [3.63, 3.8) is 0 Å². The van der Waals surface area contributed by atoms with Gasteiger partial charge in [0.25, 0.3) is 5.91 Å². The Morgan fingerprint density at radius 2 is 1.30 bits per heavy atom. The van der Waals surface area contributed by atoms with Gasteiger partial charge >= 0.3 is 5.97 Å². The van der Waals surface area contributed by atoms with E-state index in [1.54, 1.807) is 19.1 Å². The zero-order valence-corrected chi connectivity index (χ0v) is 32.7. The number of nitrogens with one attached hydrogen (secondary N) is 5. The van der Waals surface area contributed by atoms with Crippen LogP contribution in [0.1, 0.15) is 95.6 Å². The molecular formula is C40H60N6O8. The molecule has 0 bridgehead atoms. The Bertz CT molecular complexity index is 1530. The Morgan fingerprint density at radius 3 is 1.85 bits per heavy atom. The summed E-state index contributed by atoms with van der Waals surface area (Å²) >= 11 is 0. The van der Waals surface area contributed by atoms with Gasteiger partial charge < -0.3 is 42.2 Å². The molecule has 14 heteroatoms. The lowest BCUT2D eigenvalue weighted by Crippen LogP contribution is -2.59. The molecule has 0 unspecified atom stereocenters. The number of aliphatic hydroxyl groups is 1. The average Bonchev–Trinajstić information content (AvgIpc) is 3.12. The van der Waals surface area contributed by atoms with Gasteiger partial charge in [0.15, 0.2) is 6.04 Å². The minimum Gasteiger partial charge on any atom is -0.464 e. The molecular weight excluding hydrogens is 692 g/mol. The highest BCUT2D eigenvalue weighted by atomic mass is 16.5. The molecule has 5 amide bonds. The third kappa shape index (κ3) is 15.3. The van der Waals surface area contributed by atoms with E-state index in [2.05, 4.69) is 47.4 Å². The van der Waals surface area contributed by atoms with Crippen molar-refractivity contribution in [2.45, 2.75) is 116 Å². The summed E-state index contributed by atoms with van der Waals surface area (Å²) in [5, 5.41) is 23.0. The third-order valence-electron chi connectivity index (χ3n) is 8.66. The maximum atomic E-state index is 13.7. The predicted octanol–water partition coefficient (Wildman–Crippen LogP) is 2.01. The molecule has 0 aliphatic rings.